The molecule has 1 aromatic heterocycles. The summed E-state index contributed by atoms with van der Waals surface area (Å²) < 4.78 is 22.4. The van der Waals surface area contributed by atoms with E-state index >= 15 is 0 Å². The van der Waals surface area contributed by atoms with E-state index in [0.717, 1.165) is 6.42 Å². The third-order valence-electron chi connectivity index (χ3n) is 6.38. The molecular weight excluding hydrogens is 486 g/mol. The number of carbonyl (C=O) groups excluding carboxylic acids is 2. The molecule has 8 nitrogen and oxygen atoms in total. The molecule has 0 spiro atoms. The first-order valence-corrected chi connectivity index (χ1v) is 12.2. The second-order valence-corrected chi connectivity index (χ2v) is 8.78. The van der Waals surface area contributed by atoms with Gasteiger partial charge in [0.15, 0.2) is 22.9 Å². The Morgan fingerprint density at radius 3 is 2.50 bits per heavy atom. The van der Waals surface area contributed by atoms with Crippen LogP contribution in [0.3, 0.4) is 0 Å². The quantitative estimate of drug-likeness (QED) is 0.273. The molecular formula is C30H27NO7. The van der Waals surface area contributed by atoms with Crippen LogP contribution in [0.2, 0.25) is 0 Å². The van der Waals surface area contributed by atoms with Crippen LogP contribution in [-0.4, -0.2) is 37.6 Å². The molecule has 4 aromatic rings. The zero-order valence-electron chi connectivity index (χ0n) is 21.3. The van der Waals surface area contributed by atoms with E-state index in [2.05, 4.69) is 0 Å². The Balaban J connectivity index is 1.65. The van der Waals surface area contributed by atoms with Crippen molar-refractivity contribution < 1.29 is 33.3 Å². The average Bonchev–Trinajstić information content (AvgIpc) is 3.50. The summed E-state index contributed by atoms with van der Waals surface area (Å²) >= 11 is 0. The molecule has 1 amide bonds. The third-order valence-corrected chi connectivity index (χ3v) is 6.38. The number of aliphatic hydroxyl groups excluding tert-OH is 1. The van der Waals surface area contributed by atoms with Crippen LogP contribution in [-0.2, 0) is 4.79 Å². The SMILES string of the molecule is CCCOc1cccc(C2C(C(=O)c3cc4cccc(OC)c4o3)=C(O)C(=O)N2c2cccc(OC)c2)c1. The van der Waals surface area contributed by atoms with Crippen molar-refractivity contribution in [1.82, 2.24) is 0 Å². The van der Waals surface area contributed by atoms with Gasteiger partial charge in [0, 0.05) is 17.1 Å². The molecule has 5 rings (SSSR count). The van der Waals surface area contributed by atoms with Gasteiger partial charge in [0.2, 0.25) is 5.78 Å². The normalized spacial score (nSPS) is 15.3. The maximum Gasteiger partial charge on any atom is 0.294 e. The van der Waals surface area contributed by atoms with Gasteiger partial charge in [0.05, 0.1) is 32.4 Å². The Morgan fingerprint density at radius 1 is 0.974 bits per heavy atom. The van der Waals surface area contributed by atoms with Crippen molar-refractivity contribution in [3.63, 3.8) is 0 Å². The van der Waals surface area contributed by atoms with Gasteiger partial charge >= 0.3 is 0 Å². The van der Waals surface area contributed by atoms with Crippen LogP contribution in [0.5, 0.6) is 17.2 Å². The molecule has 3 aromatic carbocycles. The number of amides is 1. The predicted octanol–water partition coefficient (Wildman–Crippen LogP) is 6.02. The molecule has 1 N–H and O–H groups in total. The molecule has 0 saturated carbocycles. The molecule has 8 heteroatoms. The summed E-state index contributed by atoms with van der Waals surface area (Å²) in [6.07, 6.45) is 0.821. The fourth-order valence-corrected chi connectivity index (χ4v) is 4.62. The first-order valence-electron chi connectivity index (χ1n) is 12.2. The first-order chi connectivity index (χ1) is 18.5. The van der Waals surface area contributed by atoms with Gasteiger partial charge in [-0.05, 0) is 48.4 Å². The number of benzene rings is 3. The van der Waals surface area contributed by atoms with E-state index in [9.17, 15) is 14.7 Å². The number of furan rings is 1. The second kappa shape index (κ2) is 10.3. The number of methoxy groups -OCH3 is 2. The van der Waals surface area contributed by atoms with Crippen LogP contribution in [0.25, 0.3) is 11.0 Å². The molecule has 1 aliphatic rings. The Kier molecular flexibility index (Phi) is 6.79. The maximum absolute atomic E-state index is 13.9. The second-order valence-electron chi connectivity index (χ2n) is 8.78. The number of rotatable bonds is 9. The molecule has 0 saturated heterocycles. The van der Waals surface area contributed by atoms with Gasteiger partial charge in [-0.2, -0.15) is 0 Å². The highest BCUT2D eigenvalue weighted by atomic mass is 16.5. The van der Waals surface area contributed by atoms with Crippen molar-refractivity contribution in [3.8, 4) is 17.2 Å². The van der Waals surface area contributed by atoms with Crippen molar-refractivity contribution >= 4 is 28.3 Å². The fraction of sp³-hybridized carbons (Fsp3) is 0.200. The third kappa shape index (κ3) is 4.34. The summed E-state index contributed by atoms with van der Waals surface area (Å²) in [6.45, 7) is 2.52. The number of nitrogens with zero attached hydrogens (tertiary/aromatic N) is 1. The number of hydrogen-bond acceptors (Lipinski definition) is 7. The van der Waals surface area contributed by atoms with Crippen molar-refractivity contribution in [2.75, 3.05) is 25.7 Å². The monoisotopic (exact) mass is 513 g/mol. The van der Waals surface area contributed by atoms with Crippen molar-refractivity contribution in [2.24, 2.45) is 0 Å². The summed E-state index contributed by atoms with van der Waals surface area (Å²) in [5.74, 6) is -0.390. The highest BCUT2D eigenvalue weighted by molar-refractivity contribution is 6.20. The van der Waals surface area contributed by atoms with Gasteiger partial charge in [-0.25, -0.2) is 0 Å². The Labute approximate surface area is 219 Å². The lowest BCUT2D eigenvalue weighted by Crippen LogP contribution is -2.31. The number of anilines is 1. The fourth-order valence-electron chi connectivity index (χ4n) is 4.62. The number of para-hydroxylation sites is 1. The number of carbonyl (C=O) groups is 2. The predicted molar refractivity (Wildman–Crippen MR) is 142 cm³/mol. The van der Waals surface area contributed by atoms with Crippen LogP contribution >= 0.6 is 0 Å². The molecule has 1 atom stereocenters. The Bertz CT molecular complexity index is 1550. The molecule has 194 valence electrons. The number of Topliss-reactive ketones (excluding diaryl/α,β-unsaturated/α-hetero) is 1. The van der Waals surface area contributed by atoms with Crippen molar-refractivity contribution in [3.05, 3.63) is 95.5 Å². The Hall–Kier alpha value is -4.72. The van der Waals surface area contributed by atoms with E-state index in [1.807, 2.05) is 13.0 Å². The van der Waals surface area contributed by atoms with E-state index < -0.39 is 23.5 Å². The lowest BCUT2D eigenvalue weighted by molar-refractivity contribution is -0.117. The minimum atomic E-state index is -0.942. The van der Waals surface area contributed by atoms with E-state index in [4.69, 9.17) is 18.6 Å². The summed E-state index contributed by atoms with van der Waals surface area (Å²) in [5.41, 5.74) is 1.36. The first kappa shape index (κ1) is 25.0. The zero-order valence-corrected chi connectivity index (χ0v) is 21.3. The topological polar surface area (TPSA) is 98.4 Å². The molecule has 2 heterocycles. The van der Waals surface area contributed by atoms with Crippen LogP contribution in [0.4, 0.5) is 5.69 Å². The number of ether oxygens (including phenoxy) is 3. The number of aliphatic hydroxyl groups is 1. The van der Waals surface area contributed by atoms with Crippen molar-refractivity contribution in [1.29, 1.82) is 0 Å². The standard InChI is InChI=1S/C30H27NO7/c1-4-14-37-22-12-5-8-18(15-22)26-25(27(32)24-16-19-9-6-13-23(36-3)29(19)38-24)28(33)30(34)31(26)20-10-7-11-21(17-20)35-2/h5-13,15-17,26,33H,4,14H2,1-3H3. The van der Waals surface area contributed by atoms with Gasteiger partial charge in [0.1, 0.15) is 11.5 Å². The minimum Gasteiger partial charge on any atom is -0.503 e. The molecule has 0 radical (unpaired) electrons. The van der Waals surface area contributed by atoms with Gasteiger partial charge in [-0.15, -0.1) is 0 Å². The van der Waals surface area contributed by atoms with Crippen LogP contribution in [0.1, 0.15) is 35.5 Å². The van der Waals surface area contributed by atoms with Crippen LogP contribution in [0, 0.1) is 0 Å². The van der Waals surface area contributed by atoms with Crippen LogP contribution < -0.4 is 19.1 Å². The molecule has 38 heavy (non-hydrogen) atoms. The lowest BCUT2D eigenvalue weighted by atomic mass is 9.94. The lowest BCUT2D eigenvalue weighted by Gasteiger charge is -2.27. The average molecular weight is 514 g/mol. The summed E-state index contributed by atoms with van der Waals surface area (Å²) in [4.78, 5) is 28.8. The summed E-state index contributed by atoms with van der Waals surface area (Å²) in [5, 5.41) is 11.8. The van der Waals surface area contributed by atoms with Gasteiger partial charge in [0.25, 0.3) is 5.91 Å². The van der Waals surface area contributed by atoms with Gasteiger partial charge < -0.3 is 23.7 Å². The number of ketones is 1. The maximum atomic E-state index is 13.9. The van der Waals surface area contributed by atoms with E-state index in [-0.39, 0.29) is 11.3 Å². The summed E-state index contributed by atoms with van der Waals surface area (Å²) in [7, 11) is 3.04. The Morgan fingerprint density at radius 2 is 1.74 bits per heavy atom. The molecule has 1 aliphatic heterocycles. The zero-order chi connectivity index (χ0) is 26.8. The molecule has 0 fully saturated rings. The minimum absolute atomic E-state index is 0.0188. The molecule has 0 aliphatic carbocycles. The van der Waals surface area contributed by atoms with Gasteiger partial charge in [-0.3, -0.25) is 14.5 Å². The summed E-state index contributed by atoms with van der Waals surface area (Å²) in [6, 6.07) is 20.0. The number of fused-ring (bicyclic) bond motifs is 1. The highest BCUT2D eigenvalue weighted by Crippen LogP contribution is 2.44. The van der Waals surface area contributed by atoms with E-state index in [1.165, 1.54) is 19.1 Å². The van der Waals surface area contributed by atoms with Crippen LogP contribution in [0.15, 0.2) is 88.5 Å². The van der Waals surface area contributed by atoms with E-state index in [1.54, 1.807) is 66.7 Å². The number of hydrogen-bond donors (Lipinski definition) is 1. The smallest absolute Gasteiger partial charge is 0.294 e. The van der Waals surface area contributed by atoms with Crippen molar-refractivity contribution in [2.45, 2.75) is 19.4 Å². The van der Waals surface area contributed by atoms with Gasteiger partial charge in [-0.1, -0.05) is 37.3 Å². The largest absolute Gasteiger partial charge is 0.503 e. The molecule has 1 unspecified atom stereocenters. The van der Waals surface area contributed by atoms with E-state index in [0.29, 0.717) is 46.1 Å². The highest BCUT2D eigenvalue weighted by Gasteiger charge is 2.45. The molecule has 0 bridgehead atoms.